The summed E-state index contributed by atoms with van der Waals surface area (Å²) in [6.45, 7) is 10.0. The van der Waals surface area contributed by atoms with Gasteiger partial charge in [-0.05, 0) is 42.2 Å². The second-order valence-corrected chi connectivity index (χ2v) is 11.4. The minimum absolute atomic E-state index is 0.0803. The van der Waals surface area contributed by atoms with Crippen LogP contribution in [0.5, 0.6) is 0 Å². The molecule has 0 fully saturated rings. The van der Waals surface area contributed by atoms with E-state index in [1.54, 1.807) is 0 Å². The number of benzene rings is 2. The standard InChI is InChI=1S/C30H39N3O5.C4H9O/c1-21(2)16-26(30(37)38-19-24-14-10-7-11-15-24)32-28(35)27(17-22(3)4)33(5)29(36)25(31-20-34)18-23-12-8-6-9-13-23;1-2-3-4-5/h6-15,21-22,25-27H,16-19H2,1-5H3,(H,32,35);2-4H2,1H3. The SMILES string of the molecule is CC(C)CC(NC(=O)C(CC(C)C)N(C)C(=O)C(Cc1ccccc1)N=C=O)C(=O)OCc1ccccc1.CCCC[O]. The minimum Gasteiger partial charge on any atom is -0.459 e. The Morgan fingerprint density at radius 1 is 0.907 bits per heavy atom. The van der Waals surface area contributed by atoms with Gasteiger partial charge in [0.2, 0.25) is 17.9 Å². The molecule has 0 bridgehead atoms. The van der Waals surface area contributed by atoms with Gasteiger partial charge in [0.15, 0.2) is 0 Å². The largest absolute Gasteiger partial charge is 0.459 e. The number of aliphatic imine (C=N–C) groups is 1. The van der Waals surface area contributed by atoms with Crippen molar-refractivity contribution in [1.82, 2.24) is 10.2 Å². The van der Waals surface area contributed by atoms with Crippen molar-refractivity contribution in [3.8, 4) is 0 Å². The fourth-order valence-corrected chi connectivity index (χ4v) is 4.29. The van der Waals surface area contributed by atoms with Gasteiger partial charge in [-0.15, -0.1) is 0 Å². The molecule has 0 spiro atoms. The molecular weight excluding hydrogens is 546 g/mol. The second kappa shape index (κ2) is 21.0. The normalized spacial score (nSPS) is 12.7. The molecule has 9 nitrogen and oxygen atoms in total. The number of carbonyl (C=O) groups excluding carboxylic acids is 4. The van der Waals surface area contributed by atoms with Crippen LogP contribution in [0.3, 0.4) is 0 Å². The number of rotatable bonds is 16. The summed E-state index contributed by atoms with van der Waals surface area (Å²) in [7, 11) is 1.53. The number of nitrogens with one attached hydrogen (secondary N) is 1. The molecule has 235 valence electrons. The first-order valence-corrected chi connectivity index (χ1v) is 15.0. The number of hydrogen-bond donors (Lipinski definition) is 1. The van der Waals surface area contributed by atoms with Crippen LogP contribution in [0, 0.1) is 11.8 Å². The predicted octanol–water partition coefficient (Wildman–Crippen LogP) is 5.30. The number of ether oxygens (including phenoxy) is 1. The van der Waals surface area contributed by atoms with E-state index in [1.165, 1.54) is 18.0 Å². The maximum Gasteiger partial charge on any atom is 0.328 e. The summed E-state index contributed by atoms with van der Waals surface area (Å²) >= 11 is 0. The topological polar surface area (TPSA) is 125 Å². The summed E-state index contributed by atoms with van der Waals surface area (Å²) in [6.07, 6.45) is 4.32. The van der Waals surface area contributed by atoms with Gasteiger partial charge in [0.1, 0.15) is 24.7 Å². The number of carbonyl (C=O) groups is 3. The monoisotopic (exact) mass is 594 g/mol. The molecule has 0 aliphatic rings. The third-order valence-corrected chi connectivity index (χ3v) is 6.61. The molecule has 2 aromatic rings. The van der Waals surface area contributed by atoms with Crippen LogP contribution in [0.25, 0.3) is 0 Å². The van der Waals surface area contributed by atoms with E-state index in [2.05, 4.69) is 10.3 Å². The summed E-state index contributed by atoms with van der Waals surface area (Å²) in [6, 6.07) is 15.8. The van der Waals surface area contributed by atoms with Gasteiger partial charge in [0.25, 0.3) is 0 Å². The smallest absolute Gasteiger partial charge is 0.328 e. The van der Waals surface area contributed by atoms with Gasteiger partial charge in [0.05, 0.1) is 6.61 Å². The van der Waals surface area contributed by atoms with Crippen molar-refractivity contribution in [3.05, 3.63) is 71.8 Å². The molecule has 0 aliphatic heterocycles. The van der Waals surface area contributed by atoms with Crippen molar-refractivity contribution in [3.63, 3.8) is 0 Å². The van der Waals surface area contributed by atoms with Crippen LogP contribution < -0.4 is 5.32 Å². The van der Waals surface area contributed by atoms with E-state index in [4.69, 9.17) is 4.74 Å². The minimum atomic E-state index is -1.01. The highest BCUT2D eigenvalue weighted by atomic mass is 16.5. The van der Waals surface area contributed by atoms with E-state index < -0.39 is 35.9 Å². The summed E-state index contributed by atoms with van der Waals surface area (Å²) in [5, 5.41) is 12.4. The third-order valence-electron chi connectivity index (χ3n) is 6.61. The lowest BCUT2D eigenvalue weighted by molar-refractivity contribution is -0.150. The van der Waals surface area contributed by atoms with Crippen molar-refractivity contribution in [2.45, 2.75) is 91.5 Å². The van der Waals surface area contributed by atoms with Gasteiger partial charge in [-0.2, -0.15) is 4.99 Å². The molecule has 3 unspecified atom stereocenters. The van der Waals surface area contributed by atoms with Gasteiger partial charge in [0, 0.05) is 13.5 Å². The van der Waals surface area contributed by atoms with Crippen LogP contribution in [0.2, 0.25) is 0 Å². The van der Waals surface area contributed by atoms with Gasteiger partial charge < -0.3 is 15.0 Å². The highest BCUT2D eigenvalue weighted by Gasteiger charge is 2.34. The number of esters is 1. The quantitative estimate of drug-likeness (QED) is 0.160. The van der Waals surface area contributed by atoms with Crippen molar-refractivity contribution >= 4 is 23.9 Å². The molecule has 3 atom stereocenters. The molecule has 0 saturated carbocycles. The van der Waals surface area contributed by atoms with Crippen molar-refractivity contribution in [1.29, 1.82) is 0 Å². The zero-order valence-electron chi connectivity index (χ0n) is 26.5. The first-order chi connectivity index (χ1) is 20.5. The number of nitrogens with zero attached hydrogens (tertiary/aromatic N) is 2. The average molecular weight is 595 g/mol. The van der Waals surface area contributed by atoms with Gasteiger partial charge >= 0.3 is 5.97 Å². The zero-order valence-corrected chi connectivity index (χ0v) is 26.5. The van der Waals surface area contributed by atoms with E-state index in [9.17, 15) is 24.3 Å². The van der Waals surface area contributed by atoms with Crippen molar-refractivity contribution in [2.75, 3.05) is 13.7 Å². The molecule has 0 aliphatic carbocycles. The number of hydrogen-bond acceptors (Lipinski definition) is 6. The van der Waals surface area contributed by atoms with E-state index in [1.807, 2.05) is 95.3 Å². The van der Waals surface area contributed by atoms with E-state index in [0.29, 0.717) is 12.8 Å². The molecule has 0 saturated heterocycles. The second-order valence-electron chi connectivity index (χ2n) is 11.4. The van der Waals surface area contributed by atoms with Crippen LogP contribution in [0.1, 0.15) is 71.4 Å². The molecule has 1 N–H and O–H groups in total. The Balaban J connectivity index is 0.00000170. The first-order valence-electron chi connectivity index (χ1n) is 15.0. The van der Waals surface area contributed by atoms with Crippen LogP contribution in [0.4, 0.5) is 0 Å². The lowest BCUT2D eigenvalue weighted by atomic mass is 9.98. The Kier molecular flexibility index (Phi) is 18.1. The number of isocyanates is 1. The highest BCUT2D eigenvalue weighted by molar-refractivity contribution is 5.92. The summed E-state index contributed by atoms with van der Waals surface area (Å²) in [5.41, 5.74) is 1.68. The zero-order chi connectivity index (χ0) is 32.2. The third kappa shape index (κ3) is 14.8. The number of unbranched alkanes of at least 4 members (excludes halogenated alkanes) is 1. The van der Waals surface area contributed by atoms with E-state index in [0.717, 1.165) is 24.0 Å². The fourth-order valence-electron chi connectivity index (χ4n) is 4.29. The number of amides is 2. The average Bonchev–Trinajstić information content (AvgIpc) is 2.98. The maximum absolute atomic E-state index is 13.5. The lowest BCUT2D eigenvalue weighted by Gasteiger charge is -2.31. The highest BCUT2D eigenvalue weighted by Crippen LogP contribution is 2.17. The maximum atomic E-state index is 13.5. The van der Waals surface area contributed by atoms with Crippen LogP contribution >= 0.6 is 0 Å². The predicted molar refractivity (Wildman–Crippen MR) is 166 cm³/mol. The summed E-state index contributed by atoms with van der Waals surface area (Å²) in [4.78, 5) is 56.0. The molecule has 43 heavy (non-hydrogen) atoms. The van der Waals surface area contributed by atoms with Crippen LogP contribution in [-0.4, -0.2) is 60.5 Å². The number of likely N-dealkylation sites (N-methyl/N-ethyl adjacent to an activating group) is 1. The lowest BCUT2D eigenvalue weighted by Crippen LogP contribution is -2.54. The molecule has 0 aromatic heterocycles. The Labute approximate surface area is 256 Å². The van der Waals surface area contributed by atoms with Gasteiger partial charge in [-0.3, -0.25) is 9.59 Å². The van der Waals surface area contributed by atoms with E-state index in [-0.39, 0.29) is 31.5 Å². The Morgan fingerprint density at radius 3 is 1.93 bits per heavy atom. The van der Waals surface area contributed by atoms with Crippen LogP contribution in [-0.2, 0) is 42.0 Å². The Bertz CT molecular complexity index is 1130. The molecular formula is C34H48N3O6. The molecule has 2 aromatic carbocycles. The van der Waals surface area contributed by atoms with E-state index >= 15 is 0 Å². The molecule has 1 radical (unpaired) electrons. The molecule has 2 amide bonds. The first kappa shape index (κ1) is 37.2. The van der Waals surface area contributed by atoms with Gasteiger partial charge in [-0.25, -0.2) is 14.7 Å². The van der Waals surface area contributed by atoms with Crippen molar-refractivity contribution < 1.29 is 29.0 Å². The van der Waals surface area contributed by atoms with Gasteiger partial charge in [-0.1, -0.05) is 102 Å². The Morgan fingerprint density at radius 2 is 1.47 bits per heavy atom. The fraction of sp³-hybridized carbons (Fsp3) is 0.529. The molecule has 0 heterocycles. The summed E-state index contributed by atoms with van der Waals surface area (Å²) < 4.78 is 5.51. The van der Waals surface area contributed by atoms with Crippen molar-refractivity contribution in [2.24, 2.45) is 16.8 Å². The molecule has 9 heteroatoms. The Hall–Kier alpha value is -3.81. The van der Waals surface area contributed by atoms with Crippen LogP contribution in [0.15, 0.2) is 65.7 Å². The summed E-state index contributed by atoms with van der Waals surface area (Å²) in [5.74, 6) is -1.25. The molecule has 2 rings (SSSR count).